The van der Waals surface area contributed by atoms with Crippen molar-refractivity contribution in [2.45, 2.75) is 19.2 Å². The van der Waals surface area contributed by atoms with E-state index in [-0.39, 0.29) is 18.4 Å². The van der Waals surface area contributed by atoms with Crippen molar-refractivity contribution in [2.75, 3.05) is 18.2 Å². The molecule has 26 heavy (non-hydrogen) atoms. The fourth-order valence-corrected chi connectivity index (χ4v) is 3.23. The van der Waals surface area contributed by atoms with Crippen molar-refractivity contribution >= 4 is 11.6 Å². The topological polar surface area (TPSA) is 48.0 Å². The fraction of sp³-hybridized carbons (Fsp3) is 0.278. The van der Waals surface area contributed by atoms with Gasteiger partial charge in [-0.25, -0.2) is 0 Å². The molecular weight excluding hydrogens is 351 g/mol. The number of anilines is 1. The van der Waals surface area contributed by atoms with Crippen LogP contribution in [0.1, 0.15) is 22.3 Å². The molecule has 8 heteroatoms. The summed E-state index contributed by atoms with van der Waals surface area (Å²) >= 11 is 0. The van der Waals surface area contributed by atoms with Crippen molar-refractivity contribution < 1.29 is 32.2 Å². The molecule has 0 bridgehead atoms. The van der Waals surface area contributed by atoms with E-state index in [9.17, 15) is 18.0 Å². The minimum atomic E-state index is -4.75. The van der Waals surface area contributed by atoms with Gasteiger partial charge in [-0.1, -0.05) is 6.07 Å². The summed E-state index contributed by atoms with van der Waals surface area (Å²) in [6.45, 7) is 0.518. The Labute approximate surface area is 146 Å². The second kappa shape index (κ2) is 6.12. The van der Waals surface area contributed by atoms with Crippen LogP contribution in [0, 0.1) is 0 Å². The second-order valence-electron chi connectivity index (χ2n) is 5.94. The highest BCUT2D eigenvalue weighted by Crippen LogP contribution is 2.38. The second-order valence-corrected chi connectivity index (χ2v) is 5.94. The maximum atomic E-state index is 13.0. The lowest BCUT2D eigenvalue weighted by atomic mass is 10.00. The van der Waals surface area contributed by atoms with Gasteiger partial charge in [0.05, 0.1) is 5.56 Å². The molecular formula is C18H14F3NO4. The first-order valence-electron chi connectivity index (χ1n) is 8.01. The van der Waals surface area contributed by atoms with Crippen LogP contribution < -0.4 is 19.1 Å². The van der Waals surface area contributed by atoms with E-state index in [2.05, 4.69) is 4.74 Å². The Bertz CT molecular complexity index is 866. The summed E-state index contributed by atoms with van der Waals surface area (Å²) in [5.74, 6) is 0.323. The highest BCUT2D eigenvalue weighted by molar-refractivity contribution is 6.09. The molecule has 136 valence electrons. The Hall–Kier alpha value is -2.90. The minimum Gasteiger partial charge on any atom is -0.454 e. The largest absolute Gasteiger partial charge is 0.573 e. The van der Waals surface area contributed by atoms with Crippen molar-refractivity contribution in [3.05, 3.63) is 47.5 Å². The smallest absolute Gasteiger partial charge is 0.454 e. The number of carbonyl (C=O) groups is 1. The number of carbonyl (C=O) groups excluding carboxylic acids is 1. The number of nitrogens with zero attached hydrogens (tertiary/aromatic N) is 1. The van der Waals surface area contributed by atoms with E-state index in [0.717, 1.165) is 0 Å². The Kier molecular flexibility index (Phi) is 3.90. The number of benzene rings is 2. The molecule has 0 radical (unpaired) electrons. The van der Waals surface area contributed by atoms with Crippen LogP contribution in [0.2, 0.25) is 0 Å². The fourth-order valence-electron chi connectivity index (χ4n) is 3.23. The summed E-state index contributed by atoms with van der Waals surface area (Å²) in [5, 5.41) is 0. The molecule has 0 fully saturated rings. The number of hydrogen-bond acceptors (Lipinski definition) is 4. The Balaban J connectivity index is 1.66. The summed E-state index contributed by atoms with van der Waals surface area (Å²) in [6, 6.07) is 9.08. The zero-order valence-corrected chi connectivity index (χ0v) is 13.5. The van der Waals surface area contributed by atoms with Gasteiger partial charge in [0, 0.05) is 12.2 Å². The number of fused-ring (bicyclic) bond motifs is 2. The average molecular weight is 365 g/mol. The Morgan fingerprint density at radius 1 is 1.15 bits per heavy atom. The van der Waals surface area contributed by atoms with Gasteiger partial charge in [-0.2, -0.15) is 0 Å². The first-order valence-corrected chi connectivity index (χ1v) is 8.01. The van der Waals surface area contributed by atoms with E-state index in [1.54, 1.807) is 23.1 Å². The van der Waals surface area contributed by atoms with Crippen LogP contribution in [0.25, 0.3) is 0 Å². The number of ether oxygens (including phenoxy) is 3. The maximum absolute atomic E-state index is 13.0. The quantitative estimate of drug-likeness (QED) is 0.810. The highest BCUT2D eigenvalue weighted by atomic mass is 19.4. The molecule has 2 aromatic rings. The van der Waals surface area contributed by atoms with Crippen LogP contribution in [0.15, 0.2) is 36.4 Å². The lowest BCUT2D eigenvalue weighted by Gasteiger charge is -2.30. The van der Waals surface area contributed by atoms with Gasteiger partial charge in [-0.05, 0) is 48.7 Å². The zero-order valence-electron chi connectivity index (χ0n) is 13.5. The molecule has 2 aliphatic heterocycles. The van der Waals surface area contributed by atoms with Gasteiger partial charge in [0.15, 0.2) is 11.5 Å². The van der Waals surface area contributed by atoms with E-state index < -0.39 is 6.36 Å². The molecule has 0 atom stereocenters. The maximum Gasteiger partial charge on any atom is 0.573 e. The van der Waals surface area contributed by atoms with Crippen molar-refractivity contribution in [1.29, 1.82) is 0 Å². The minimum absolute atomic E-state index is 0.0500. The SMILES string of the molecule is O=C(c1cccc2c1OCO2)N1CCCc2cc(OC(F)(F)F)ccc21. The summed E-state index contributed by atoms with van der Waals surface area (Å²) in [5.41, 5.74) is 1.58. The van der Waals surface area contributed by atoms with Crippen LogP contribution in [0.3, 0.4) is 0 Å². The third-order valence-corrected chi connectivity index (χ3v) is 4.28. The summed E-state index contributed by atoms with van der Waals surface area (Å²) < 4.78 is 51.9. The van der Waals surface area contributed by atoms with Gasteiger partial charge in [0.25, 0.3) is 5.91 Å². The molecule has 2 heterocycles. The highest BCUT2D eigenvalue weighted by Gasteiger charge is 2.33. The van der Waals surface area contributed by atoms with Crippen molar-refractivity contribution in [3.8, 4) is 17.2 Å². The van der Waals surface area contributed by atoms with Gasteiger partial charge in [0.1, 0.15) is 5.75 Å². The molecule has 1 amide bonds. The van der Waals surface area contributed by atoms with Crippen LogP contribution in [-0.4, -0.2) is 25.6 Å². The van der Waals surface area contributed by atoms with Gasteiger partial charge >= 0.3 is 6.36 Å². The molecule has 0 saturated heterocycles. The summed E-state index contributed by atoms with van der Waals surface area (Å²) in [7, 11) is 0. The number of aryl methyl sites for hydroxylation is 1. The van der Waals surface area contributed by atoms with Crippen molar-refractivity contribution in [2.24, 2.45) is 0 Å². The molecule has 0 aliphatic carbocycles. The summed E-state index contributed by atoms with van der Waals surface area (Å²) in [6.07, 6.45) is -3.54. The molecule has 0 aromatic heterocycles. The average Bonchev–Trinajstić information content (AvgIpc) is 3.07. The first kappa shape index (κ1) is 16.6. The van der Waals surface area contributed by atoms with E-state index in [0.29, 0.717) is 47.7 Å². The summed E-state index contributed by atoms with van der Waals surface area (Å²) in [4.78, 5) is 14.6. The standard InChI is InChI=1S/C18H14F3NO4/c19-18(20,21)26-12-6-7-14-11(9-12)3-2-8-22(14)17(23)13-4-1-5-15-16(13)25-10-24-15/h1,4-7,9H,2-3,8,10H2. The van der Waals surface area contributed by atoms with Crippen LogP contribution in [0.4, 0.5) is 18.9 Å². The molecule has 0 unspecified atom stereocenters. The molecule has 0 saturated carbocycles. The number of para-hydroxylation sites is 1. The third-order valence-electron chi connectivity index (χ3n) is 4.28. The predicted molar refractivity (Wildman–Crippen MR) is 85.7 cm³/mol. The molecule has 5 nitrogen and oxygen atoms in total. The number of alkyl halides is 3. The van der Waals surface area contributed by atoms with E-state index >= 15 is 0 Å². The van der Waals surface area contributed by atoms with Crippen molar-refractivity contribution in [3.63, 3.8) is 0 Å². The van der Waals surface area contributed by atoms with E-state index in [1.807, 2.05) is 0 Å². The monoisotopic (exact) mass is 365 g/mol. The molecule has 2 aliphatic rings. The van der Waals surface area contributed by atoms with Gasteiger partial charge in [-0.15, -0.1) is 13.2 Å². The van der Waals surface area contributed by atoms with Gasteiger partial charge < -0.3 is 19.1 Å². The van der Waals surface area contributed by atoms with Crippen molar-refractivity contribution in [1.82, 2.24) is 0 Å². The molecule has 0 spiro atoms. The Morgan fingerprint density at radius 3 is 2.81 bits per heavy atom. The van der Waals surface area contributed by atoms with Crippen LogP contribution in [0.5, 0.6) is 17.2 Å². The first-order chi connectivity index (χ1) is 12.4. The third kappa shape index (κ3) is 3.02. The molecule has 4 rings (SSSR count). The van der Waals surface area contributed by atoms with Gasteiger partial charge in [0.2, 0.25) is 6.79 Å². The normalized spacial score (nSPS) is 15.6. The Morgan fingerprint density at radius 2 is 2.00 bits per heavy atom. The lowest BCUT2D eigenvalue weighted by molar-refractivity contribution is -0.274. The molecule has 0 N–H and O–H groups in total. The van der Waals surface area contributed by atoms with Crippen LogP contribution >= 0.6 is 0 Å². The van der Waals surface area contributed by atoms with Crippen LogP contribution in [-0.2, 0) is 6.42 Å². The predicted octanol–water partition coefficient (Wildman–Crippen LogP) is 3.91. The lowest BCUT2D eigenvalue weighted by Crippen LogP contribution is -2.35. The van der Waals surface area contributed by atoms with E-state index in [1.165, 1.54) is 18.2 Å². The number of halogens is 3. The zero-order chi connectivity index (χ0) is 18.3. The number of rotatable bonds is 2. The number of hydrogen-bond donors (Lipinski definition) is 0. The molecule has 2 aromatic carbocycles. The van der Waals surface area contributed by atoms with Gasteiger partial charge in [-0.3, -0.25) is 4.79 Å². The number of amides is 1. The van der Waals surface area contributed by atoms with E-state index in [4.69, 9.17) is 9.47 Å².